The molecule has 2 aromatic rings. The average molecular weight is 436 g/mol. The van der Waals surface area contributed by atoms with Crippen molar-refractivity contribution in [3.8, 4) is 23.0 Å². The molecule has 0 radical (unpaired) electrons. The van der Waals surface area contributed by atoms with Gasteiger partial charge >= 0.3 is 0 Å². The van der Waals surface area contributed by atoms with Crippen molar-refractivity contribution in [1.82, 2.24) is 4.90 Å². The summed E-state index contributed by atoms with van der Waals surface area (Å²) in [5.74, 6) is 3.17. The SMILES string of the molecule is CCOc1cc2c(cc1[C@@H]1C=C3c4cc(OC)c(OC)cc4CCN3C(=O)C1)O[C@H](C)C2. The monoisotopic (exact) mass is 435 g/mol. The van der Waals surface area contributed by atoms with Crippen LogP contribution in [0.1, 0.15) is 48.4 Å². The molecule has 0 aliphatic carbocycles. The topological polar surface area (TPSA) is 57.2 Å². The number of methoxy groups -OCH3 is 2. The van der Waals surface area contributed by atoms with Crippen LogP contribution in [0.3, 0.4) is 0 Å². The molecular formula is C26H29NO5. The maximum Gasteiger partial charge on any atom is 0.227 e. The van der Waals surface area contributed by atoms with E-state index in [1.807, 2.05) is 24.0 Å². The van der Waals surface area contributed by atoms with Crippen molar-refractivity contribution in [2.75, 3.05) is 27.4 Å². The fraction of sp³-hybridized carbons (Fsp3) is 0.423. The van der Waals surface area contributed by atoms with E-state index in [4.69, 9.17) is 18.9 Å². The van der Waals surface area contributed by atoms with Gasteiger partial charge in [-0.2, -0.15) is 0 Å². The van der Waals surface area contributed by atoms with Gasteiger partial charge in [0.25, 0.3) is 0 Å². The van der Waals surface area contributed by atoms with Crippen molar-refractivity contribution < 1.29 is 23.7 Å². The molecule has 168 valence electrons. The zero-order valence-corrected chi connectivity index (χ0v) is 19.1. The first-order valence-corrected chi connectivity index (χ1v) is 11.3. The lowest BCUT2D eigenvalue weighted by Gasteiger charge is -2.37. The molecule has 2 atom stereocenters. The molecule has 0 bridgehead atoms. The van der Waals surface area contributed by atoms with Crippen LogP contribution in [0.15, 0.2) is 30.3 Å². The van der Waals surface area contributed by atoms with Gasteiger partial charge in [0.05, 0.1) is 20.8 Å². The van der Waals surface area contributed by atoms with Crippen LogP contribution in [0.2, 0.25) is 0 Å². The zero-order chi connectivity index (χ0) is 22.4. The molecule has 32 heavy (non-hydrogen) atoms. The quantitative estimate of drug-likeness (QED) is 0.699. The predicted molar refractivity (Wildman–Crippen MR) is 122 cm³/mol. The fourth-order valence-electron chi connectivity index (χ4n) is 5.08. The second-order valence-electron chi connectivity index (χ2n) is 8.59. The van der Waals surface area contributed by atoms with Gasteiger partial charge in [0.1, 0.15) is 17.6 Å². The van der Waals surface area contributed by atoms with Gasteiger partial charge < -0.3 is 23.8 Å². The molecule has 3 aliphatic rings. The van der Waals surface area contributed by atoms with E-state index in [2.05, 4.69) is 25.1 Å². The van der Waals surface area contributed by atoms with Crippen molar-refractivity contribution in [2.24, 2.45) is 0 Å². The molecule has 1 amide bonds. The van der Waals surface area contributed by atoms with Crippen LogP contribution in [0, 0.1) is 0 Å². The minimum Gasteiger partial charge on any atom is -0.494 e. The first-order valence-electron chi connectivity index (χ1n) is 11.3. The first-order chi connectivity index (χ1) is 15.5. The molecule has 6 nitrogen and oxygen atoms in total. The van der Waals surface area contributed by atoms with Gasteiger partial charge in [-0.25, -0.2) is 0 Å². The van der Waals surface area contributed by atoms with Gasteiger partial charge in [-0.15, -0.1) is 0 Å². The van der Waals surface area contributed by atoms with E-state index >= 15 is 0 Å². The molecule has 0 N–H and O–H groups in total. The van der Waals surface area contributed by atoms with E-state index in [0.29, 0.717) is 31.1 Å². The Morgan fingerprint density at radius 1 is 1.03 bits per heavy atom. The summed E-state index contributed by atoms with van der Waals surface area (Å²) in [6.07, 6.45) is 4.44. The van der Waals surface area contributed by atoms with Gasteiger partial charge in [-0.1, -0.05) is 6.08 Å². The molecule has 2 aromatic carbocycles. The third-order valence-corrected chi connectivity index (χ3v) is 6.56. The largest absolute Gasteiger partial charge is 0.494 e. The first kappa shape index (κ1) is 20.7. The molecule has 0 aromatic heterocycles. The minimum atomic E-state index is -0.0841. The van der Waals surface area contributed by atoms with Gasteiger partial charge in [0.2, 0.25) is 5.91 Å². The smallest absolute Gasteiger partial charge is 0.227 e. The second kappa shape index (κ2) is 8.08. The molecule has 0 fully saturated rings. The maximum atomic E-state index is 13.2. The summed E-state index contributed by atoms with van der Waals surface area (Å²) in [5.41, 5.74) is 5.30. The molecule has 0 saturated carbocycles. The van der Waals surface area contributed by atoms with Crippen LogP contribution in [0.25, 0.3) is 5.70 Å². The Kier molecular flexibility index (Phi) is 5.24. The van der Waals surface area contributed by atoms with E-state index in [1.165, 1.54) is 5.56 Å². The number of fused-ring (bicyclic) bond motifs is 4. The number of hydrogen-bond acceptors (Lipinski definition) is 5. The molecule has 0 saturated heterocycles. The highest BCUT2D eigenvalue weighted by Crippen LogP contribution is 2.45. The van der Waals surface area contributed by atoms with Gasteiger partial charge in [-0.3, -0.25) is 4.79 Å². The highest BCUT2D eigenvalue weighted by Gasteiger charge is 2.35. The molecular weight excluding hydrogens is 406 g/mol. The minimum absolute atomic E-state index is 0.0841. The van der Waals surface area contributed by atoms with Crippen LogP contribution in [0.4, 0.5) is 0 Å². The number of benzene rings is 2. The number of carbonyl (C=O) groups is 1. The maximum absolute atomic E-state index is 13.2. The summed E-state index contributed by atoms with van der Waals surface area (Å²) >= 11 is 0. The Hall–Kier alpha value is -3.15. The summed E-state index contributed by atoms with van der Waals surface area (Å²) in [7, 11) is 3.28. The fourth-order valence-corrected chi connectivity index (χ4v) is 5.08. The average Bonchev–Trinajstić information content (AvgIpc) is 3.16. The normalized spacial score (nSPS) is 21.2. The van der Waals surface area contributed by atoms with Crippen molar-refractivity contribution in [2.45, 2.75) is 45.1 Å². The van der Waals surface area contributed by atoms with Crippen LogP contribution >= 0.6 is 0 Å². The predicted octanol–water partition coefficient (Wildman–Crippen LogP) is 4.34. The third-order valence-electron chi connectivity index (χ3n) is 6.56. The summed E-state index contributed by atoms with van der Waals surface area (Å²) in [5, 5.41) is 0. The Bertz CT molecular complexity index is 1110. The summed E-state index contributed by atoms with van der Waals surface area (Å²) < 4.78 is 23.1. The van der Waals surface area contributed by atoms with Crippen LogP contribution in [-0.2, 0) is 17.6 Å². The van der Waals surface area contributed by atoms with Crippen molar-refractivity contribution in [3.63, 3.8) is 0 Å². The molecule has 3 heterocycles. The Morgan fingerprint density at radius 3 is 2.53 bits per heavy atom. The number of ether oxygens (including phenoxy) is 4. The Labute approximate surface area is 188 Å². The van der Waals surface area contributed by atoms with E-state index < -0.39 is 0 Å². The highest BCUT2D eigenvalue weighted by molar-refractivity contribution is 5.92. The summed E-state index contributed by atoms with van der Waals surface area (Å²) in [4.78, 5) is 15.1. The number of rotatable bonds is 5. The number of carbonyl (C=O) groups excluding carboxylic acids is 1. The van der Waals surface area contributed by atoms with E-state index in [1.54, 1.807) is 14.2 Å². The number of nitrogens with zero attached hydrogens (tertiary/aromatic N) is 1. The van der Waals surface area contributed by atoms with E-state index in [-0.39, 0.29) is 17.9 Å². The molecule has 6 heteroatoms. The van der Waals surface area contributed by atoms with Gasteiger partial charge in [0.15, 0.2) is 11.5 Å². The lowest BCUT2D eigenvalue weighted by molar-refractivity contribution is -0.128. The number of amides is 1. The molecule has 0 spiro atoms. The number of allylic oxidation sites excluding steroid dienone is 1. The van der Waals surface area contributed by atoms with Gasteiger partial charge in [-0.05, 0) is 50.1 Å². The second-order valence-corrected chi connectivity index (χ2v) is 8.59. The third kappa shape index (κ3) is 3.38. The zero-order valence-electron chi connectivity index (χ0n) is 19.1. The Morgan fingerprint density at radius 2 is 1.78 bits per heavy atom. The highest BCUT2D eigenvalue weighted by atomic mass is 16.5. The molecule has 3 aliphatic heterocycles. The van der Waals surface area contributed by atoms with E-state index in [0.717, 1.165) is 46.7 Å². The van der Waals surface area contributed by atoms with Crippen LogP contribution < -0.4 is 18.9 Å². The summed E-state index contributed by atoms with van der Waals surface area (Å²) in [6.45, 7) is 5.30. The summed E-state index contributed by atoms with van der Waals surface area (Å²) in [6, 6.07) is 8.18. The Balaban J connectivity index is 1.61. The van der Waals surface area contributed by atoms with Gasteiger partial charge in [0, 0.05) is 47.7 Å². The van der Waals surface area contributed by atoms with Crippen molar-refractivity contribution in [1.29, 1.82) is 0 Å². The van der Waals surface area contributed by atoms with Crippen LogP contribution in [-0.4, -0.2) is 44.3 Å². The number of hydrogen-bond donors (Lipinski definition) is 0. The molecule has 0 unspecified atom stereocenters. The van der Waals surface area contributed by atoms with E-state index in [9.17, 15) is 4.79 Å². The standard InChI is InChI=1S/C26H29NO5/c1-5-31-23-11-18-8-15(2)32-22(18)14-20(23)17-9-21-19-13-25(30-4)24(29-3)10-16(19)6-7-27(21)26(28)12-17/h9-11,13-15,17H,5-8,12H2,1-4H3/t15-,17-/m1/s1. The lowest BCUT2D eigenvalue weighted by Crippen LogP contribution is -2.38. The molecule has 5 rings (SSSR count). The van der Waals surface area contributed by atoms with Crippen LogP contribution in [0.5, 0.6) is 23.0 Å². The lowest BCUT2D eigenvalue weighted by atomic mass is 9.85. The van der Waals surface area contributed by atoms with Crippen molar-refractivity contribution >= 4 is 11.6 Å². The van der Waals surface area contributed by atoms with Crippen molar-refractivity contribution in [3.05, 3.63) is 52.6 Å².